The molecule has 0 saturated carbocycles. The average molecular weight is 219 g/mol. The van der Waals surface area contributed by atoms with Gasteiger partial charge in [0, 0.05) is 6.92 Å². The fourth-order valence-electron chi connectivity index (χ4n) is 1.07. The zero-order chi connectivity index (χ0) is 11.0. The quantitative estimate of drug-likeness (QED) is 0.530. The topological polar surface area (TPSA) is 55.4 Å². The SMILES string of the molecule is COC(=O)C(CCCSC)NC(C)=O. The maximum Gasteiger partial charge on any atom is 0.328 e. The number of carbonyl (C=O) groups is 2. The van der Waals surface area contributed by atoms with E-state index in [4.69, 9.17) is 0 Å². The highest BCUT2D eigenvalue weighted by Crippen LogP contribution is 2.04. The van der Waals surface area contributed by atoms with Crippen LogP contribution in [0.5, 0.6) is 0 Å². The van der Waals surface area contributed by atoms with Gasteiger partial charge in [0.15, 0.2) is 0 Å². The summed E-state index contributed by atoms with van der Waals surface area (Å²) < 4.78 is 4.58. The molecule has 0 fully saturated rings. The first kappa shape index (κ1) is 13.3. The van der Waals surface area contributed by atoms with Gasteiger partial charge in [-0.15, -0.1) is 0 Å². The second-order valence-corrected chi connectivity index (χ2v) is 3.90. The van der Waals surface area contributed by atoms with Crippen molar-refractivity contribution in [3.8, 4) is 0 Å². The number of hydrogen-bond acceptors (Lipinski definition) is 4. The molecule has 0 aliphatic carbocycles. The van der Waals surface area contributed by atoms with Gasteiger partial charge in [0.2, 0.25) is 5.91 Å². The van der Waals surface area contributed by atoms with Crippen LogP contribution in [0.4, 0.5) is 0 Å². The zero-order valence-electron chi connectivity index (χ0n) is 8.83. The van der Waals surface area contributed by atoms with Gasteiger partial charge in [0.25, 0.3) is 0 Å². The summed E-state index contributed by atoms with van der Waals surface area (Å²) in [5, 5.41) is 2.57. The third kappa shape index (κ3) is 5.85. The van der Waals surface area contributed by atoms with Crippen molar-refractivity contribution >= 4 is 23.6 Å². The van der Waals surface area contributed by atoms with Crippen LogP contribution in [0.1, 0.15) is 19.8 Å². The Labute approximate surface area is 88.8 Å². The lowest BCUT2D eigenvalue weighted by Crippen LogP contribution is -2.40. The summed E-state index contributed by atoms with van der Waals surface area (Å²) in [5.74, 6) is 0.401. The molecule has 14 heavy (non-hydrogen) atoms. The number of methoxy groups -OCH3 is 1. The first-order valence-corrected chi connectivity index (χ1v) is 5.85. The van der Waals surface area contributed by atoms with Crippen molar-refractivity contribution < 1.29 is 14.3 Å². The lowest BCUT2D eigenvalue weighted by atomic mass is 10.1. The van der Waals surface area contributed by atoms with Gasteiger partial charge in [-0.2, -0.15) is 11.8 Å². The Morgan fingerprint density at radius 2 is 2.14 bits per heavy atom. The molecule has 0 bridgehead atoms. The van der Waals surface area contributed by atoms with Crippen molar-refractivity contribution in [1.82, 2.24) is 5.32 Å². The Morgan fingerprint density at radius 3 is 2.57 bits per heavy atom. The molecule has 0 heterocycles. The van der Waals surface area contributed by atoms with Crippen LogP contribution in [-0.2, 0) is 14.3 Å². The molecular weight excluding hydrogens is 202 g/mol. The first-order chi connectivity index (χ1) is 6.61. The van der Waals surface area contributed by atoms with Crippen molar-refractivity contribution in [1.29, 1.82) is 0 Å². The summed E-state index contributed by atoms with van der Waals surface area (Å²) in [4.78, 5) is 22.0. The molecule has 0 aromatic heterocycles. The van der Waals surface area contributed by atoms with Crippen LogP contribution >= 0.6 is 11.8 Å². The molecule has 82 valence electrons. The molecule has 1 N–H and O–H groups in total. The maximum atomic E-state index is 11.2. The Balaban J connectivity index is 3.97. The van der Waals surface area contributed by atoms with E-state index in [1.807, 2.05) is 6.26 Å². The second-order valence-electron chi connectivity index (χ2n) is 2.91. The minimum absolute atomic E-state index is 0.204. The van der Waals surface area contributed by atoms with Gasteiger partial charge in [0.05, 0.1) is 7.11 Å². The van der Waals surface area contributed by atoms with Crippen LogP contribution in [0, 0.1) is 0 Å². The highest BCUT2D eigenvalue weighted by molar-refractivity contribution is 7.98. The van der Waals surface area contributed by atoms with Crippen LogP contribution in [0.25, 0.3) is 0 Å². The van der Waals surface area contributed by atoms with E-state index in [0.29, 0.717) is 6.42 Å². The van der Waals surface area contributed by atoms with Gasteiger partial charge in [-0.25, -0.2) is 4.79 Å². The smallest absolute Gasteiger partial charge is 0.328 e. The normalized spacial score (nSPS) is 11.9. The summed E-state index contributed by atoms with van der Waals surface area (Å²) in [6.45, 7) is 1.39. The van der Waals surface area contributed by atoms with Crippen molar-refractivity contribution in [2.45, 2.75) is 25.8 Å². The van der Waals surface area contributed by atoms with E-state index in [1.54, 1.807) is 11.8 Å². The monoisotopic (exact) mass is 219 g/mol. The standard InChI is InChI=1S/C9H17NO3S/c1-7(11)10-8(9(12)13-2)5-4-6-14-3/h8H,4-6H2,1-3H3,(H,10,11). The van der Waals surface area contributed by atoms with Crippen molar-refractivity contribution in [2.24, 2.45) is 0 Å². The fourth-order valence-corrected chi connectivity index (χ4v) is 1.52. The third-order valence-electron chi connectivity index (χ3n) is 1.70. The molecule has 0 saturated heterocycles. The highest BCUT2D eigenvalue weighted by atomic mass is 32.2. The number of thioether (sulfide) groups is 1. The average Bonchev–Trinajstić information content (AvgIpc) is 2.15. The summed E-state index contributed by atoms with van der Waals surface area (Å²) in [6.07, 6.45) is 3.53. The van der Waals surface area contributed by atoms with Gasteiger partial charge >= 0.3 is 5.97 Å². The number of nitrogens with one attached hydrogen (secondary N) is 1. The molecule has 1 unspecified atom stereocenters. The van der Waals surface area contributed by atoms with E-state index in [-0.39, 0.29) is 11.9 Å². The molecular formula is C9H17NO3S. The molecule has 0 rings (SSSR count). The van der Waals surface area contributed by atoms with Crippen LogP contribution in [-0.4, -0.2) is 37.0 Å². The van der Waals surface area contributed by atoms with Gasteiger partial charge in [-0.1, -0.05) is 0 Å². The largest absolute Gasteiger partial charge is 0.467 e. The van der Waals surface area contributed by atoms with Crippen molar-refractivity contribution in [3.63, 3.8) is 0 Å². The molecule has 0 aromatic carbocycles. The van der Waals surface area contributed by atoms with E-state index in [9.17, 15) is 9.59 Å². The fraction of sp³-hybridized carbons (Fsp3) is 0.778. The van der Waals surface area contributed by atoms with Crippen LogP contribution in [0.2, 0.25) is 0 Å². The molecule has 0 aliphatic rings. The lowest BCUT2D eigenvalue weighted by Gasteiger charge is -2.14. The molecule has 0 aliphatic heterocycles. The number of carbonyl (C=O) groups excluding carboxylic acids is 2. The highest BCUT2D eigenvalue weighted by Gasteiger charge is 2.18. The number of amides is 1. The summed E-state index contributed by atoms with van der Waals surface area (Å²) in [6, 6.07) is -0.496. The Bertz CT molecular complexity index is 196. The molecule has 1 amide bonds. The molecule has 0 aromatic rings. The number of rotatable bonds is 6. The minimum Gasteiger partial charge on any atom is -0.467 e. The first-order valence-electron chi connectivity index (χ1n) is 4.45. The molecule has 5 heteroatoms. The maximum absolute atomic E-state index is 11.2. The van der Waals surface area contributed by atoms with E-state index < -0.39 is 6.04 Å². The molecule has 4 nitrogen and oxygen atoms in total. The second kappa shape index (κ2) is 7.67. The summed E-state index contributed by atoms with van der Waals surface area (Å²) >= 11 is 1.72. The number of hydrogen-bond donors (Lipinski definition) is 1. The zero-order valence-corrected chi connectivity index (χ0v) is 9.65. The minimum atomic E-state index is -0.496. The van der Waals surface area contributed by atoms with E-state index in [2.05, 4.69) is 10.1 Å². The third-order valence-corrected chi connectivity index (χ3v) is 2.40. The van der Waals surface area contributed by atoms with Gasteiger partial charge in [0.1, 0.15) is 6.04 Å². The lowest BCUT2D eigenvalue weighted by molar-refractivity contribution is -0.145. The van der Waals surface area contributed by atoms with Crippen LogP contribution in [0.15, 0.2) is 0 Å². The van der Waals surface area contributed by atoms with Crippen LogP contribution in [0.3, 0.4) is 0 Å². The number of esters is 1. The molecule has 0 spiro atoms. The molecule has 1 atom stereocenters. The van der Waals surface area contributed by atoms with Crippen molar-refractivity contribution in [2.75, 3.05) is 19.1 Å². The van der Waals surface area contributed by atoms with E-state index >= 15 is 0 Å². The summed E-state index contributed by atoms with van der Waals surface area (Å²) in [5.41, 5.74) is 0. The number of ether oxygens (including phenoxy) is 1. The molecule has 0 radical (unpaired) electrons. The van der Waals surface area contributed by atoms with Crippen LogP contribution < -0.4 is 5.32 Å². The summed E-state index contributed by atoms with van der Waals surface area (Å²) in [7, 11) is 1.33. The van der Waals surface area contributed by atoms with Crippen molar-refractivity contribution in [3.05, 3.63) is 0 Å². The van der Waals surface area contributed by atoms with E-state index in [1.165, 1.54) is 14.0 Å². The predicted molar refractivity (Wildman–Crippen MR) is 57.2 cm³/mol. The van der Waals surface area contributed by atoms with E-state index in [0.717, 1.165) is 12.2 Å². The Kier molecular flexibility index (Phi) is 7.28. The Morgan fingerprint density at radius 1 is 1.50 bits per heavy atom. The predicted octanol–water partition coefficient (Wildman–Crippen LogP) is 0.807. The van der Waals surface area contributed by atoms with Gasteiger partial charge < -0.3 is 10.1 Å². The van der Waals surface area contributed by atoms with Gasteiger partial charge in [-0.3, -0.25) is 4.79 Å². The Hall–Kier alpha value is -0.710. The van der Waals surface area contributed by atoms with Gasteiger partial charge in [-0.05, 0) is 24.9 Å².